The van der Waals surface area contributed by atoms with Crippen molar-refractivity contribution in [3.63, 3.8) is 0 Å². The fraction of sp³-hybridized carbons (Fsp3) is 0.417. The van der Waals surface area contributed by atoms with Gasteiger partial charge in [0.25, 0.3) is 0 Å². The summed E-state index contributed by atoms with van der Waals surface area (Å²) in [5.74, 6) is -0.182. The van der Waals surface area contributed by atoms with Crippen LogP contribution in [-0.4, -0.2) is 41.0 Å². The third-order valence-electron chi connectivity index (χ3n) is 2.47. The minimum absolute atomic E-state index is 0. The molecule has 0 radical (unpaired) electrons. The Hall–Kier alpha value is -0.670. The van der Waals surface area contributed by atoms with E-state index in [0.29, 0.717) is 13.1 Å². The van der Waals surface area contributed by atoms with E-state index in [0.717, 1.165) is 4.47 Å². The predicted molar refractivity (Wildman–Crippen MR) is 88.1 cm³/mol. The van der Waals surface area contributed by atoms with Gasteiger partial charge in [-0.15, -0.1) is 12.4 Å². The Labute approximate surface area is 139 Å². The molecule has 0 aliphatic carbocycles. The normalized spacial score (nSPS) is 10.8. The first-order valence-electron chi connectivity index (χ1n) is 6.12. The molecule has 1 aromatic carbocycles. The maximum atomic E-state index is 11.9. The largest absolute Gasteiger partial charge is 0.355 e. The molecule has 3 N–H and O–H groups in total. The second-order valence-corrected chi connectivity index (χ2v) is 6.74. The van der Waals surface area contributed by atoms with Crippen LogP contribution in [0.25, 0.3) is 0 Å². The fourth-order valence-electron chi connectivity index (χ4n) is 1.41. The van der Waals surface area contributed by atoms with Crippen molar-refractivity contribution in [3.05, 3.63) is 28.7 Å². The van der Waals surface area contributed by atoms with E-state index in [4.69, 9.17) is 0 Å². The van der Waals surface area contributed by atoms with Gasteiger partial charge in [-0.25, -0.2) is 13.1 Å². The summed E-state index contributed by atoms with van der Waals surface area (Å²) in [7, 11) is -1.77. The number of hydrogen-bond donors (Lipinski definition) is 3. The van der Waals surface area contributed by atoms with E-state index in [1.54, 1.807) is 19.2 Å². The van der Waals surface area contributed by atoms with Gasteiger partial charge in [-0.1, -0.05) is 15.9 Å². The van der Waals surface area contributed by atoms with Crippen molar-refractivity contribution in [2.24, 2.45) is 0 Å². The second-order valence-electron chi connectivity index (χ2n) is 4.06. The number of halogens is 2. The fourth-order valence-corrected chi connectivity index (χ4v) is 2.71. The van der Waals surface area contributed by atoms with Gasteiger partial charge in [0.2, 0.25) is 15.9 Å². The molecule has 0 aromatic heterocycles. The van der Waals surface area contributed by atoms with Crippen LogP contribution < -0.4 is 15.4 Å². The molecule has 1 amide bonds. The smallest absolute Gasteiger partial charge is 0.240 e. The van der Waals surface area contributed by atoms with Gasteiger partial charge in [0, 0.05) is 30.5 Å². The van der Waals surface area contributed by atoms with Gasteiger partial charge in [0.1, 0.15) is 0 Å². The van der Waals surface area contributed by atoms with Crippen molar-refractivity contribution in [2.45, 2.75) is 11.3 Å². The summed E-state index contributed by atoms with van der Waals surface area (Å²) in [6.07, 6.45) is 0.111. The van der Waals surface area contributed by atoms with Crippen molar-refractivity contribution in [3.8, 4) is 0 Å². The first-order chi connectivity index (χ1) is 9.45. The highest BCUT2D eigenvalue weighted by Gasteiger charge is 2.13. The maximum Gasteiger partial charge on any atom is 0.240 e. The number of amides is 1. The summed E-state index contributed by atoms with van der Waals surface area (Å²) in [5, 5.41) is 5.57. The first kappa shape index (κ1) is 20.3. The van der Waals surface area contributed by atoms with Crippen LogP contribution in [0.15, 0.2) is 33.6 Å². The quantitative estimate of drug-likeness (QED) is 0.565. The molecule has 9 heteroatoms. The Morgan fingerprint density at radius 3 is 2.33 bits per heavy atom. The van der Waals surface area contributed by atoms with E-state index in [1.807, 2.05) is 0 Å². The van der Waals surface area contributed by atoms with Gasteiger partial charge in [0.15, 0.2) is 0 Å². The summed E-state index contributed by atoms with van der Waals surface area (Å²) in [5.41, 5.74) is 0. The second kappa shape index (κ2) is 10.1. The molecular weight excluding hydrogens is 382 g/mol. The van der Waals surface area contributed by atoms with Crippen molar-refractivity contribution in [1.29, 1.82) is 0 Å². The summed E-state index contributed by atoms with van der Waals surface area (Å²) in [6, 6.07) is 6.30. The third kappa shape index (κ3) is 7.77. The van der Waals surface area contributed by atoms with Crippen LogP contribution in [0, 0.1) is 0 Å². The molecule has 6 nitrogen and oxygen atoms in total. The lowest BCUT2D eigenvalue weighted by Gasteiger charge is -2.07. The summed E-state index contributed by atoms with van der Waals surface area (Å²) < 4.78 is 27.0. The molecule has 0 aliphatic rings. The zero-order chi connectivity index (χ0) is 15.0. The number of carbonyl (C=O) groups excluding carboxylic acids is 1. The molecule has 120 valence electrons. The first-order valence-corrected chi connectivity index (χ1v) is 8.40. The average molecular weight is 401 g/mol. The van der Waals surface area contributed by atoms with Crippen LogP contribution in [0.5, 0.6) is 0 Å². The molecule has 0 unspecified atom stereocenters. The monoisotopic (exact) mass is 399 g/mol. The lowest BCUT2D eigenvalue weighted by atomic mass is 10.4. The topological polar surface area (TPSA) is 87.3 Å². The zero-order valence-electron chi connectivity index (χ0n) is 11.6. The van der Waals surface area contributed by atoms with Gasteiger partial charge in [-0.3, -0.25) is 4.79 Å². The summed E-state index contributed by atoms with van der Waals surface area (Å²) >= 11 is 3.24. The van der Waals surface area contributed by atoms with Crippen LogP contribution in [0.3, 0.4) is 0 Å². The molecule has 0 aliphatic heterocycles. The molecule has 0 fully saturated rings. The number of carbonyl (C=O) groups is 1. The van der Waals surface area contributed by atoms with Gasteiger partial charge >= 0.3 is 0 Å². The minimum Gasteiger partial charge on any atom is -0.355 e. The number of hydrogen-bond acceptors (Lipinski definition) is 4. The van der Waals surface area contributed by atoms with Crippen LogP contribution in [-0.2, 0) is 14.8 Å². The highest BCUT2D eigenvalue weighted by molar-refractivity contribution is 9.10. The number of rotatable bonds is 8. The Balaban J connectivity index is 0.00000400. The Kier molecular flexibility index (Phi) is 9.80. The highest BCUT2D eigenvalue weighted by atomic mass is 79.9. The van der Waals surface area contributed by atoms with Crippen molar-refractivity contribution in [1.82, 2.24) is 15.4 Å². The molecule has 0 atom stereocenters. The van der Waals surface area contributed by atoms with Crippen LogP contribution >= 0.6 is 28.3 Å². The Morgan fingerprint density at radius 2 is 1.76 bits per heavy atom. The van der Waals surface area contributed by atoms with Gasteiger partial charge in [-0.05, 0) is 31.3 Å². The van der Waals surface area contributed by atoms with E-state index in [1.165, 1.54) is 12.1 Å². The molecule has 0 saturated carbocycles. The minimum atomic E-state index is -3.56. The molecule has 0 saturated heterocycles. The summed E-state index contributed by atoms with van der Waals surface area (Å²) in [4.78, 5) is 11.6. The standard InChI is InChI=1S/C12H18BrN3O3S.ClH/c1-14-8-9-15-12(17)6-7-16-20(18,19)11-4-2-10(13)3-5-11;/h2-5,14,16H,6-9H2,1H3,(H,15,17);1H. The van der Waals surface area contributed by atoms with Crippen molar-refractivity contribution in [2.75, 3.05) is 26.7 Å². The Bertz CT molecular complexity index is 537. The Morgan fingerprint density at radius 1 is 1.14 bits per heavy atom. The van der Waals surface area contributed by atoms with Crippen LogP contribution in [0.4, 0.5) is 0 Å². The third-order valence-corrected chi connectivity index (χ3v) is 4.47. The van der Waals surface area contributed by atoms with E-state index < -0.39 is 10.0 Å². The van der Waals surface area contributed by atoms with E-state index in [-0.39, 0.29) is 36.2 Å². The van der Waals surface area contributed by atoms with E-state index in [9.17, 15) is 13.2 Å². The van der Waals surface area contributed by atoms with Crippen LogP contribution in [0.2, 0.25) is 0 Å². The van der Waals surface area contributed by atoms with Gasteiger partial charge in [-0.2, -0.15) is 0 Å². The molecule has 0 spiro atoms. The molecular formula is C12H19BrClN3O3S. The predicted octanol–water partition coefficient (Wildman–Crippen LogP) is 0.875. The molecule has 0 heterocycles. The molecule has 1 aromatic rings. The average Bonchev–Trinajstić information content (AvgIpc) is 2.39. The van der Waals surface area contributed by atoms with Crippen molar-refractivity contribution >= 4 is 44.3 Å². The van der Waals surface area contributed by atoms with E-state index in [2.05, 4.69) is 31.3 Å². The lowest BCUT2D eigenvalue weighted by Crippen LogP contribution is -2.33. The molecule has 0 bridgehead atoms. The van der Waals surface area contributed by atoms with Crippen LogP contribution in [0.1, 0.15) is 6.42 Å². The molecule has 1 rings (SSSR count). The van der Waals surface area contributed by atoms with E-state index >= 15 is 0 Å². The zero-order valence-corrected chi connectivity index (χ0v) is 14.8. The maximum absolute atomic E-state index is 11.9. The van der Waals surface area contributed by atoms with Gasteiger partial charge in [0.05, 0.1) is 4.90 Å². The lowest BCUT2D eigenvalue weighted by molar-refractivity contribution is -0.120. The van der Waals surface area contributed by atoms with Crippen molar-refractivity contribution < 1.29 is 13.2 Å². The highest BCUT2D eigenvalue weighted by Crippen LogP contribution is 2.14. The van der Waals surface area contributed by atoms with Gasteiger partial charge < -0.3 is 10.6 Å². The number of nitrogens with one attached hydrogen (secondary N) is 3. The number of sulfonamides is 1. The summed E-state index contributed by atoms with van der Waals surface area (Å²) in [6.45, 7) is 1.27. The number of likely N-dealkylation sites (N-methyl/N-ethyl adjacent to an activating group) is 1. The number of benzene rings is 1. The SMILES string of the molecule is CNCCNC(=O)CCNS(=O)(=O)c1ccc(Br)cc1.Cl. The molecule has 21 heavy (non-hydrogen) atoms.